The molecule has 1 fully saturated rings. The first kappa shape index (κ1) is 21.1. The van der Waals surface area contributed by atoms with Gasteiger partial charge in [-0.05, 0) is 43.5 Å². The lowest BCUT2D eigenvalue weighted by molar-refractivity contribution is -0.140. The number of amides is 1. The van der Waals surface area contributed by atoms with Gasteiger partial charge < -0.3 is 9.64 Å². The smallest absolute Gasteiger partial charge is 0.305 e. The van der Waals surface area contributed by atoms with Crippen LogP contribution in [0.1, 0.15) is 41.8 Å². The van der Waals surface area contributed by atoms with Crippen molar-refractivity contribution < 1.29 is 14.3 Å². The number of esters is 1. The van der Waals surface area contributed by atoms with Crippen LogP contribution < -0.4 is 0 Å². The second-order valence-electron chi connectivity index (χ2n) is 7.84. The zero-order valence-corrected chi connectivity index (χ0v) is 17.5. The minimum absolute atomic E-state index is 0.0718. The summed E-state index contributed by atoms with van der Waals surface area (Å²) in [5.74, 6) is -0.149. The van der Waals surface area contributed by atoms with Gasteiger partial charge in [0.15, 0.2) is 0 Å². The van der Waals surface area contributed by atoms with E-state index in [1.54, 1.807) is 0 Å². The molecular weight excluding hydrogens is 364 g/mol. The summed E-state index contributed by atoms with van der Waals surface area (Å²) in [6.07, 6.45) is 0.968. The van der Waals surface area contributed by atoms with Crippen LogP contribution in [0.3, 0.4) is 0 Å². The maximum atomic E-state index is 13.0. The number of piperazine rings is 1. The van der Waals surface area contributed by atoms with Crippen molar-refractivity contribution in [2.24, 2.45) is 0 Å². The number of ether oxygens (including phenoxy) is 1. The van der Waals surface area contributed by atoms with Crippen molar-refractivity contribution in [2.75, 3.05) is 20.2 Å². The minimum atomic E-state index is -0.221. The molecule has 1 saturated heterocycles. The quantitative estimate of drug-likeness (QED) is 0.704. The average Bonchev–Trinajstić information content (AvgIpc) is 2.75. The van der Waals surface area contributed by atoms with Gasteiger partial charge in [0.25, 0.3) is 5.91 Å². The van der Waals surface area contributed by atoms with Gasteiger partial charge in [0.2, 0.25) is 0 Å². The topological polar surface area (TPSA) is 49.9 Å². The highest BCUT2D eigenvalue weighted by Crippen LogP contribution is 2.21. The number of benzene rings is 2. The fourth-order valence-corrected chi connectivity index (χ4v) is 3.97. The summed E-state index contributed by atoms with van der Waals surface area (Å²) in [5, 5.41) is 0. The first-order valence-electron chi connectivity index (χ1n) is 10.2. The monoisotopic (exact) mass is 394 g/mol. The standard InChI is InChI=1S/C24H30N2O3/c1-18-15-25(16-19(2)26(18)17-21-7-5-4-6-8-21)24(28)22-12-9-20(10-13-22)11-14-23(27)29-3/h4-10,12-13,18-19H,11,14-17H2,1-3H3/t18-,19+. The predicted molar refractivity (Wildman–Crippen MR) is 114 cm³/mol. The highest BCUT2D eigenvalue weighted by atomic mass is 16.5. The Balaban J connectivity index is 1.60. The average molecular weight is 395 g/mol. The van der Waals surface area contributed by atoms with E-state index in [1.807, 2.05) is 35.2 Å². The van der Waals surface area contributed by atoms with Crippen LogP contribution in [0.15, 0.2) is 54.6 Å². The number of nitrogens with zero attached hydrogens (tertiary/aromatic N) is 2. The van der Waals surface area contributed by atoms with Gasteiger partial charge in [0, 0.05) is 43.7 Å². The lowest BCUT2D eigenvalue weighted by atomic mass is 10.0. The molecule has 1 aliphatic heterocycles. The van der Waals surface area contributed by atoms with Crippen LogP contribution in [0, 0.1) is 0 Å². The van der Waals surface area contributed by atoms with Crippen molar-refractivity contribution in [1.29, 1.82) is 0 Å². The summed E-state index contributed by atoms with van der Waals surface area (Å²) >= 11 is 0. The molecule has 0 aromatic heterocycles. The third-order valence-electron chi connectivity index (χ3n) is 5.64. The Morgan fingerprint density at radius 3 is 2.14 bits per heavy atom. The molecule has 0 saturated carbocycles. The van der Waals surface area contributed by atoms with E-state index in [-0.39, 0.29) is 11.9 Å². The van der Waals surface area contributed by atoms with E-state index in [1.165, 1.54) is 12.7 Å². The van der Waals surface area contributed by atoms with Crippen LogP contribution >= 0.6 is 0 Å². The molecule has 29 heavy (non-hydrogen) atoms. The molecule has 1 amide bonds. The Morgan fingerprint density at radius 1 is 0.931 bits per heavy atom. The number of methoxy groups -OCH3 is 1. The molecule has 2 aromatic carbocycles. The molecule has 5 nitrogen and oxygen atoms in total. The van der Waals surface area contributed by atoms with Crippen molar-refractivity contribution >= 4 is 11.9 Å². The molecule has 2 aromatic rings. The van der Waals surface area contributed by atoms with Gasteiger partial charge in [-0.3, -0.25) is 14.5 Å². The van der Waals surface area contributed by atoms with Crippen molar-refractivity contribution in [3.8, 4) is 0 Å². The molecule has 0 N–H and O–H groups in total. The molecule has 1 aliphatic rings. The highest BCUT2D eigenvalue weighted by molar-refractivity contribution is 5.94. The molecular formula is C24H30N2O3. The fourth-order valence-electron chi connectivity index (χ4n) is 3.97. The van der Waals surface area contributed by atoms with E-state index in [0.717, 1.165) is 25.2 Å². The van der Waals surface area contributed by atoms with Crippen LogP contribution in [0.4, 0.5) is 0 Å². The largest absolute Gasteiger partial charge is 0.469 e. The second kappa shape index (κ2) is 9.70. The number of carbonyl (C=O) groups is 2. The van der Waals surface area contributed by atoms with E-state index in [9.17, 15) is 9.59 Å². The van der Waals surface area contributed by atoms with Crippen LogP contribution in [-0.4, -0.2) is 54.0 Å². The molecule has 0 aliphatic carbocycles. The van der Waals surface area contributed by atoms with Crippen molar-refractivity contribution in [2.45, 2.75) is 45.3 Å². The van der Waals surface area contributed by atoms with Crippen LogP contribution in [-0.2, 0) is 22.5 Å². The summed E-state index contributed by atoms with van der Waals surface area (Å²) in [5.41, 5.74) is 3.03. The predicted octanol–water partition coefficient (Wildman–Crippen LogP) is 3.53. The maximum Gasteiger partial charge on any atom is 0.305 e. The van der Waals surface area contributed by atoms with E-state index in [0.29, 0.717) is 30.5 Å². The Bertz CT molecular complexity index is 808. The van der Waals surface area contributed by atoms with Crippen LogP contribution in [0.2, 0.25) is 0 Å². The molecule has 0 radical (unpaired) electrons. The zero-order chi connectivity index (χ0) is 20.8. The van der Waals surface area contributed by atoms with Gasteiger partial charge >= 0.3 is 5.97 Å². The summed E-state index contributed by atoms with van der Waals surface area (Å²) in [6.45, 7) is 6.73. The van der Waals surface area contributed by atoms with Gasteiger partial charge in [-0.25, -0.2) is 0 Å². The van der Waals surface area contributed by atoms with E-state index < -0.39 is 0 Å². The number of hydrogen-bond donors (Lipinski definition) is 0. The van der Waals surface area contributed by atoms with Crippen molar-refractivity contribution in [3.63, 3.8) is 0 Å². The molecule has 0 spiro atoms. The van der Waals surface area contributed by atoms with Gasteiger partial charge in [-0.15, -0.1) is 0 Å². The van der Waals surface area contributed by atoms with Gasteiger partial charge in [-0.2, -0.15) is 0 Å². The van der Waals surface area contributed by atoms with E-state index in [4.69, 9.17) is 0 Å². The number of rotatable bonds is 6. The Kier molecular flexibility index (Phi) is 7.04. The van der Waals surface area contributed by atoms with Crippen molar-refractivity contribution in [1.82, 2.24) is 9.80 Å². The first-order chi connectivity index (χ1) is 14.0. The van der Waals surface area contributed by atoms with Gasteiger partial charge in [0.05, 0.1) is 7.11 Å². The second-order valence-corrected chi connectivity index (χ2v) is 7.84. The molecule has 0 bridgehead atoms. The summed E-state index contributed by atoms with van der Waals surface area (Å²) in [4.78, 5) is 28.7. The Hall–Kier alpha value is -2.66. The summed E-state index contributed by atoms with van der Waals surface area (Å²) in [6, 6.07) is 18.6. The van der Waals surface area contributed by atoms with E-state index >= 15 is 0 Å². The lowest BCUT2D eigenvalue weighted by Crippen LogP contribution is -2.57. The van der Waals surface area contributed by atoms with Gasteiger partial charge in [0.1, 0.15) is 0 Å². The fraction of sp³-hybridized carbons (Fsp3) is 0.417. The SMILES string of the molecule is COC(=O)CCc1ccc(C(=O)N2C[C@@H](C)N(Cc3ccccc3)[C@@H](C)C2)cc1. The Labute approximate surface area is 173 Å². The summed E-state index contributed by atoms with van der Waals surface area (Å²) < 4.78 is 4.68. The molecule has 5 heteroatoms. The zero-order valence-electron chi connectivity index (χ0n) is 17.5. The molecule has 2 atom stereocenters. The molecule has 154 valence electrons. The molecule has 0 unspecified atom stereocenters. The third kappa shape index (κ3) is 5.45. The summed E-state index contributed by atoms with van der Waals surface area (Å²) in [7, 11) is 1.39. The number of hydrogen-bond acceptors (Lipinski definition) is 4. The number of carbonyl (C=O) groups excluding carboxylic acids is 2. The Morgan fingerprint density at radius 2 is 1.55 bits per heavy atom. The first-order valence-corrected chi connectivity index (χ1v) is 10.2. The normalized spacial score (nSPS) is 19.8. The van der Waals surface area contributed by atoms with Crippen LogP contribution in [0.25, 0.3) is 0 Å². The lowest BCUT2D eigenvalue weighted by Gasteiger charge is -2.44. The van der Waals surface area contributed by atoms with E-state index in [2.05, 4.69) is 47.7 Å². The molecule has 3 rings (SSSR count). The van der Waals surface area contributed by atoms with Crippen LogP contribution in [0.5, 0.6) is 0 Å². The van der Waals surface area contributed by atoms with Crippen molar-refractivity contribution in [3.05, 3.63) is 71.3 Å². The number of aryl methyl sites for hydroxylation is 1. The minimum Gasteiger partial charge on any atom is -0.469 e. The highest BCUT2D eigenvalue weighted by Gasteiger charge is 2.32. The third-order valence-corrected chi connectivity index (χ3v) is 5.64. The maximum absolute atomic E-state index is 13.0. The molecule has 1 heterocycles. The van der Waals surface area contributed by atoms with Gasteiger partial charge in [-0.1, -0.05) is 42.5 Å².